The summed E-state index contributed by atoms with van der Waals surface area (Å²) >= 11 is 4.62. The molecule has 0 aliphatic carbocycles. The van der Waals surface area contributed by atoms with Crippen LogP contribution in [-0.2, 0) is 4.79 Å². The van der Waals surface area contributed by atoms with E-state index in [9.17, 15) is 9.59 Å². The van der Waals surface area contributed by atoms with Crippen LogP contribution in [0.1, 0.15) is 0 Å². The van der Waals surface area contributed by atoms with E-state index < -0.39 is 0 Å². The molecule has 0 unspecified atom stereocenters. The number of carbonyl (C=O) groups is 1. The van der Waals surface area contributed by atoms with Gasteiger partial charge in [-0.1, -0.05) is 39.8 Å². The van der Waals surface area contributed by atoms with Crippen LogP contribution in [0.4, 0.5) is 5.69 Å². The van der Waals surface area contributed by atoms with E-state index in [0.29, 0.717) is 38.9 Å². The van der Waals surface area contributed by atoms with Crippen molar-refractivity contribution in [2.45, 2.75) is 5.16 Å². The van der Waals surface area contributed by atoms with E-state index in [1.807, 2.05) is 36.4 Å². The number of fused-ring (bicyclic) bond motifs is 2. The predicted molar refractivity (Wildman–Crippen MR) is 127 cm³/mol. The van der Waals surface area contributed by atoms with Crippen molar-refractivity contribution in [3.63, 3.8) is 0 Å². The van der Waals surface area contributed by atoms with Gasteiger partial charge in [0.15, 0.2) is 16.7 Å². The van der Waals surface area contributed by atoms with Gasteiger partial charge in [0.25, 0.3) is 5.56 Å². The van der Waals surface area contributed by atoms with Gasteiger partial charge in [-0.05, 0) is 48.5 Å². The normalized spacial score (nSPS) is 12.2. The molecule has 0 saturated carbocycles. The van der Waals surface area contributed by atoms with Gasteiger partial charge in [0.1, 0.15) is 0 Å². The number of para-hydroxylation sites is 1. The van der Waals surface area contributed by atoms with Crippen molar-refractivity contribution in [3.8, 4) is 17.2 Å². The van der Waals surface area contributed by atoms with E-state index in [-0.39, 0.29) is 24.0 Å². The van der Waals surface area contributed by atoms with E-state index >= 15 is 0 Å². The first kappa shape index (κ1) is 20.6. The van der Waals surface area contributed by atoms with Crippen LogP contribution in [0, 0.1) is 0 Å². The van der Waals surface area contributed by atoms with Gasteiger partial charge in [0.2, 0.25) is 12.7 Å². The summed E-state index contributed by atoms with van der Waals surface area (Å²) < 4.78 is 13.1. The van der Waals surface area contributed by atoms with Crippen molar-refractivity contribution < 1.29 is 14.3 Å². The molecular formula is C23H16BrN3O4S. The molecule has 1 aromatic heterocycles. The fourth-order valence-electron chi connectivity index (χ4n) is 3.33. The Balaban J connectivity index is 1.43. The summed E-state index contributed by atoms with van der Waals surface area (Å²) in [5.74, 6) is 1.10. The smallest absolute Gasteiger partial charge is 0.266 e. The van der Waals surface area contributed by atoms with E-state index in [0.717, 1.165) is 4.47 Å². The van der Waals surface area contributed by atoms with Gasteiger partial charge in [0.05, 0.1) is 22.3 Å². The lowest BCUT2D eigenvalue weighted by atomic mass is 10.2. The second kappa shape index (κ2) is 8.68. The predicted octanol–water partition coefficient (Wildman–Crippen LogP) is 4.61. The van der Waals surface area contributed by atoms with Crippen LogP contribution in [0.3, 0.4) is 0 Å². The molecule has 9 heteroatoms. The number of nitrogens with zero attached hydrogens (tertiary/aromatic N) is 2. The number of rotatable bonds is 5. The third kappa shape index (κ3) is 4.09. The van der Waals surface area contributed by atoms with Crippen molar-refractivity contribution in [2.75, 3.05) is 17.9 Å². The highest BCUT2D eigenvalue weighted by molar-refractivity contribution is 9.10. The van der Waals surface area contributed by atoms with Crippen LogP contribution >= 0.6 is 27.7 Å². The van der Waals surface area contributed by atoms with Gasteiger partial charge in [-0.25, -0.2) is 4.98 Å². The lowest BCUT2D eigenvalue weighted by molar-refractivity contribution is -0.113. The molecule has 7 nitrogen and oxygen atoms in total. The molecular weight excluding hydrogens is 494 g/mol. The van der Waals surface area contributed by atoms with Crippen LogP contribution in [0.15, 0.2) is 81.2 Å². The molecule has 2 heterocycles. The summed E-state index contributed by atoms with van der Waals surface area (Å²) in [6.45, 7) is 0.170. The van der Waals surface area contributed by atoms with Crippen molar-refractivity contribution in [1.82, 2.24) is 9.55 Å². The van der Waals surface area contributed by atoms with Crippen LogP contribution in [-0.4, -0.2) is 28.0 Å². The monoisotopic (exact) mass is 509 g/mol. The zero-order valence-electron chi connectivity index (χ0n) is 16.6. The molecule has 0 saturated heterocycles. The van der Waals surface area contributed by atoms with Crippen LogP contribution < -0.4 is 20.3 Å². The van der Waals surface area contributed by atoms with Gasteiger partial charge in [-0.3, -0.25) is 14.2 Å². The number of halogens is 1. The number of hydrogen-bond donors (Lipinski definition) is 1. The number of aromatic nitrogens is 2. The first-order valence-electron chi connectivity index (χ1n) is 9.68. The summed E-state index contributed by atoms with van der Waals surface area (Å²) in [7, 11) is 0. The molecule has 1 aliphatic rings. The Hall–Kier alpha value is -3.30. The largest absolute Gasteiger partial charge is 0.454 e. The highest BCUT2D eigenvalue weighted by Crippen LogP contribution is 2.34. The number of carbonyl (C=O) groups excluding carboxylic acids is 1. The molecule has 3 aromatic carbocycles. The second-order valence-electron chi connectivity index (χ2n) is 6.93. The molecule has 1 amide bonds. The Bertz CT molecular complexity index is 1390. The maximum absolute atomic E-state index is 13.3. The second-order valence-corrected chi connectivity index (χ2v) is 8.79. The van der Waals surface area contributed by atoms with Crippen LogP contribution in [0.2, 0.25) is 0 Å². The highest BCUT2D eigenvalue weighted by atomic mass is 79.9. The quantitative estimate of drug-likeness (QED) is 0.312. The van der Waals surface area contributed by atoms with E-state index in [4.69, 9.17) is 9.47 Å². The Morgan fingerprint density at radius 1 is 1.06 bits per heavy atom. The lowest BCUT2D eigenvalue weighted by Gasteiger charge is -2.13. The Morgan fingerprint density at radius 2 is 1.84 bits per heavy atom. The van der Waals surface area contributed by atoms with Crippen molar-refractivity contribution in [1.29, 1.82) is 0 Å². The van der Waals surface area contributed by atoms with Gasteiger partial charge in [-0.2, -0.15) is 0 Å². The average Bonchev–Trinajstić information content (AvgIpc) is 3.27. The number of ether oxygens (including phenoxy) is 2. The average molecular weight is 510 g/mol. The van der Waals surface area contributed by atoms with Gasteiger partial charge in [-0.15, -0.1) is 0 Å². The molecule has 1 N–H and O–H groups in total. The van der Waals surface area contributed by atoms with Crippen molar-refractivity contribution >= 4 is 50.2 Å². The number of amides is 1. The highest BCUT2D eigenvalue weighted by Gasteiger charge is 2.17. The fraction of sp³-hybridized carbons (Fsp3) is 0.0870. The zero-order valence-corrected chi connectivity index (χ0v) is 19.0. The fourth-order valence-corrected chi connectivity index (χ4v) is 4.41. The summed E-state index contributed by atoms with van der Waals surface area (Å²) in [5, 5.41) is 3.80. The number of anilines is 1. The Kier molecular flexibility index (Phi) is 5.59. The van der Waals surface area contributed by atoms with E-state index in [2.05, 4.69) is 26.2 Å². The molecule has 0 bridgehead atoms. The Labute approximate surface area is 195 Å². The minimum atomic E-state index is -0.223. The minimum Gasteiger partial charge on any atom is -0.454 e. The SMILES string of the molecule is O=C(CSc1nc2ccccc2c(=O)n1-c1ccc(Br)cc1)Nc1ccc2c(c1)OCO2. The molecule has 0 fully saturated rings. The number of benzene rings is 3. The summed E-state index contributed by atoms with van der Waals surface area (Å²) in [4.78, 5) is 30.5. The van der Waals surface area contributed by atoms with Crippen molar-refractivity contribution in [2.24, 2.45) is 0 Å². The molecule has 5 rings (SSSR count). The first-order valence-corrected chi connectivity index (χ1v) is 11.5. The molecule has 1 aliphatic heterocycles. The molecule has 4 aromatic rings. The molecule has 160 valence electrons. The standard InChI is InChI=1S/C23H16BrN3O4S/c24-14-5-8-16(9-6-14)27-22(29)17-3-1-2-4-18(17)26-23(27)32-12-21(28)25-15-7-10-19-20(11-15)31-13-30-19/h1-11H,12-13H2,(H,25,28). The third-order valence-corrected chi connectivity index (χ3v) is 6.29. The van der Waals surface area contributed by atoms with Crippen molar-refractivity contribution in [3.05, 3.63) is 81.6 Å². The topological polar surface area (TPSA) is 82.5 Å². The zero-order chi connectivity index (χ0) is 22.1. The maximum Gasteiger partial charge on any atom is 0.266 e. The summed E-state index contributed by atoms with van der Waals surface area (Å²) in [5.41, 5.74) is 1.69. The number of thioether (sulfide) groups is 1. The van der Waals surface area contributed by atoms with Gasteiger partial charge in [0, 0.05) is 16.2 Å². The van der Waals surface area contributed by atoms with Crippen LogP contribution in [0.25, 0.3) is 16.6 Å². The molecule has 0 radical (unpaired) electrons. The minimum absolute atomic E-state index is 0.0791. The summed E-state index contributed by atoms with van der Waals surface area (Å²) in [6.07, 6.45) is 0. The first-order chi connectivity index (χ1) is 15.6. The van der Waals surface area contributed by atoms with Gasteiger partial charge < -0.3 is 14.8 Å². The molecule has 0 spiro atoms. The third-order valence-electron chi connectivity index (χ3n) is 4.82. The molecule has 0 atom stereocenters. The van der Waals surface area contributed by atoms with E-state index in [1.165, 1.54) is 16.3 Å². The number of hydrogen-bond acceptors (Lipinski definition) is 6. The Morgan fingerprint density at radius 3 is 2.69 bits per heavy atom. The summed E-state index contributed by atoms with van der Waals surface area (Å²) in [6, 6.07) is 19.8. The van der Waals surface area contributed by atoms with E-state index in [1.54, 1.807) is 30.3 Å². The van der Waals surface area contributed by atoms with Crippen LogP contribution in [0.5, 0.6) is 11.5 Å². The lowest BCUT2D eigenvalue weighted by Crippen LogP contribution is -2.23. The van der Waals surface area contributed by atoms with Gasteiger partial charge >= 0.3 is 0 Å². The number of nitrogens with one attached hydrogen (secondary N) is 1. The molecule has 32 heavy (non-hydrogen) atoms. The maximum atomic E-state index is 13.3.